The predicted octanol–water partition coefficient (Wildman–Crippen LogP) is 3.38. The smallest absolute Gasteiger partial charge is 0.123 e. The van der Waals surface area contributed by atoms with Crippen LogP contribution in [0.15, 0.2) is 18.2 Å². The van der Waals surface area contributed by atoms with Gasteiger partial charge < -0.3 is 10.1 Å². The molecule has 0 aliphatic carbocycles. The van der Waals surface area contributed by atoms with Crippen LogP contribution < -0.4 is 10.1 Å². The van der Waals surface area contributed by atoms with Crippen molar-refractivity contribution >= 4 is 11.8 Å². The number of rotatable bonds is 4. The first-order chi connectivity index (χ1) is 8.61. The number of methoxy groups -OCH3 is 1. The molecule has 0 aromatic heterocycles. The van der Waals surface area contributed by atoms with Crippen LogP contribution in [0.5, 0.6) is 5.75 Å². The molecule has 1 N–H and O–H groups in total. The highest BCUT2D eigenvalue weighted by molar-refractivity contribution is 8.00. The summed E-state index contributed by atoms with van der Waals surface area (Å²) in [5.41, 5.74) is 0.890. The van der Waals surface area contributed by atoms with Crippen molar-refractivity contribution in [2.75, 3.05) is 12.9 Å². The zero-order valence-electron chi connectivity index (χ0n) is 11.1. The lowest BCUT2D eigenvalue weighted by Gasteiger charge is -2.23. The topological polar surface area (TPSA) is 21.3 Å². The van der Waals surface area contributed by atoms with Gasteiger partial charge in [-0.2, -0.15) is 11.8 Å². The zero-order valence-corrected chi connectivity index (χ0v) is 11.9. The van der Waals surface area contributed by atoms with Crippen molar-refractivity contribution in [3.05, 3.63) is 29.6 Å². The van der Waals surface area contributed by atoms with Gasteiger partial charge in [0.25, 0.3) is 0 Å². The van der Waals surface area contributed by atoms with Crippen LogP contribution in [-0.4, -0.2) is 24.2 Å². The average Bonchev–Trinajstić information content (AvgIpc) is 2.75. The minimum Gasteiger partial charge on any atom is -0.496 e. The molecule has 3 unspecified atom stereocenters. The summed E-state index contributed by atoms with van der Waals surface area (Å²) in [5, 5.41) is 4.20. The van der Waals surface area contributed by atoms with E-state index >= 15 is 0 Å². The lowest BCUT2D eigenvalue weighted by atomic mass is 10.0. The highest BCUT2D eigenvalue weighted by atomic mass is 32.2. The Hall–Kier alpha value is -0.740. The maximum atomic E-state index is 13.3. The second-order valence-corrected chi connectivity index (χ2v) is 6.23. The standard InChI is InChI=1S/C14H20FNOS/c1-9(16-13-6-7-18-10(13)2)12-8-11(15)4-5-14(12)17-3/h4-5,8-10,13,16H,6-7H2,1-3H3. The monoisotopic (exact) mass is 269 g/mol. The molecule has 0 spiro atoms. The molecule has 18 heavy (non-hydrogen) atoms. The normalized spacial score (nSPS) is 25.1. The van der Waals surface area contributed by atoms with Gasteiger partial charge in [-0.25, -0.2) is 4.39 Å². The third-order valence-corrected chi connectivity index (χ3v) is 4.82. The van der Waals surface area contributed by atoms with Gasteiger partial charge >= 0.3 is 0 Å². The van der Waals surface area contributed by atoms with Crippen molar-refractivity contribution in [2.24, 2.45) is 0 Å². The van der Waals surface area contributed by atoms with E-state index < -0.39 is 0 Å². The van der Waals surface area contributed by atoms with Gasteiger partial charge in [0.1, 0.15) is 11.6 Å². The van der Waals surface area contributed by atoms with Gasteiger partial charge in [-0.15, -0.1) is 0 Å². The molecule has 4 heteroatoms. The summed E-state index contributed by atoms with van der Waals surface area (Å²) >= 11 is 1.99. The molecule has 100 valence electrons. The molecular formula is C14H20FNOS. The summed E-state index contributed by atoms with van der Waals surface area (Å²) in [5.74, 6) is 1.73. The Morgan fingerprint density at radius 3 is 2.89 bits per heavy atom. The van der Waals surface area contributed by atoms with Gasteiger partial charge in [0.15, 0.2) is 0 Å². The van der Waals surface area contributed by atoms with Gasteiger partial charge in [0, 0.05) is 22.9 Å². The van der Waals surface area contributed by atoms with E-state index in [4.69, 9.17) is 4.74 Å². The van der Waals surface area contributed by atoms with E-state index in [0.29, 0.717) is 11.3 Å². The van der Waals surface area contributed by atoms with Crippen LogP contribution in [0.2, 0.25) is 0 Å². The minimum absolute atomic E-state index is 0.0989. The summed E-state index contributed by atoms with van der Waals surface area (Å²) in [6.07, 6.45) is 1.17. The summed E-state index contributed by atoms with van der Waals surface area (Å²) in [4.78, 5) is 0. The lowest BCUT2D eigenvalue weighted by molar-refractivity contribution is 0.390. The molecule has 0 amide bonds. The SMILES string of the molecule is COc1ccc(F)cc1C(C)NC1CCSC1C. The first-order valence-electron chi connectivity index (χ1n) is 6.33. The third kappa shape index (κ3) is 2.98. The van der Waals surface area contributed by atoms with Crippen molar-refractivity contribution in [2.45, 2.75) is 37.6 Å². The molecule has 0 radical (unpaired) electrons. The number of nitrogens with one attached hydrogen (secondary N) is 1. The Balaban J connectivity index is 2.12. The molecule has 1 heterocycles. The second-order valence-electron chi connectivity index (χ2n) is 4.75. The average molecular weight is 269 g/mol. The molecule has 2 nitrogen and oxygen atoms in total. The maximum Gasteiger partial charge on any atom is 0.123 e. The molecule has 1 fully saturated rings. The Morgan fingerprint density at radius 2 is 2.28 bits per heavy atom. The van der Waals surface area contributed by atoms with Crippen LogP contribution in [0, 0.1) is 5.82 Å². The van der Waals surface area contributed by atoms with E-state index in [2.05, 4.69) is 19.2 Å². The molecule has 0 saturated carbocycles. The quantitative estimate of drug-likeness (QED) is 0.905. The van der Waals surface area contributed by atoms with E-state index in [1.165, 1.54) is 18.2 Å². The van der Waals surface area contributed by atoms with Crippen molar-refractivity contribution < 1.29 is 9.13 Å². The number of ether oxygens (including phenoxy) is 1. The maximum absolute atomic E-state index is 13.3. The van der Waals surface area contributed by atoms with E-state index in [1.807, 2.05) is 11.8 Å². The van der Waals surface area contributed by atoms with Crippen LogP contribution in [0.1, 0.15) is 31.9 Å². The molecule has 0 bridgehead atoms. The summed E-state index contributed by atoms with van der Waals surface area (Å²) in [6.45, 7) is 4.30. The van der Waals surface area contributed by atoms with Crippen LogP contribution in [0.4, 0.5) is 4.39 Å². The Bertz CT molecular complexity index is 413. The van der Waals surface area contributed by atoms with Crippen molar-refractivity contribution in [3.8, 4) is 5.75 Å². The van der Waals surface area contributed by atoms with Crippen LogP contribution in [0.25, 0.3) is 0 Å². The van der Waals surface area contributed by atoms with Crippen LogP contribution in [-0.2, 0) is 0 Å². The molecule has 1 saturated heterocycles. The van der Waals surface area contributed by atoms with E-state index in [0.717, 1.165) is 11.3 Å². The fourth-order valence-electron chi connectivity index (χ4n) is 2.41. The zero-order chi connectivity index (χ0) is 13.1. The fourth-order valence-corrected chi connectivity index (χ4v) is 3.61. The van der Waals surface area contributed by atoms with Gasteiger partial charge in [-0.1, -0.05) is 6.92 Å². The fraction of sp³-hybridized carbons (Fsp3) is 0.571. The third-order valence-electron chi connectivity index (χ3n) is 3.50. The predicted molar refractivity (Wildman–Crippen MR) is 74.8 cm³/mol. The summed E-state index contributed by atoms with van der Waals surface area (Å²) in [6, 6.07) is 5.28. The summed E-state index contributed by atoms with van der Waals surface area (Å²) in [7, 11) is 1.62. The van der Waals surface area contributed by atoms with Gasteiger partial charge in [-0.05, 0) is 37.3 Å². The molecule has 3 atom stereocenters. The number of benzene rings is 1. The second kappa shape index (κ2) is 5.93. The number of thioether (sulfide) groups is 1. The Labute approximate surface area is 112 Å². The molecule has 2 rings (SSSR count). The van der Waals surface area contributed by atoms with Crippen molar-refractivity contribution in [1.29, 1.82) is 0 Å². The van der Waals surface area contributed by atoms with E-state index in [9.17, 15) is 4.39 Å². The summed E-state index contributed by atoms with van der Waals surface area (Å²) < 4.78 is 18.6. The van der Waals surface area contributed by atoms with Crippen molar-refractivity contribution in [3.63, 3.8) is 0 Å². The molecule has 1 aromatic rings. The van der Waals surface area contributed by atoms with Crippen LogP contribution in [0.3, 0.4) is 0 Å². The highest BCUT2D eigenvalue weighted by Crippen LogP contribution is 2.31. The largest absolute Gasteiger partial charge is 0.496 e. The molecule has 1 aromatic carbocycles. The number of halogens is 1. The van der Waals surface area contributed by atoms with Gasteiger partial charge in [0.2, 0.25) is 0 Å². The lowest BCUT2D eigenvalue weighted by Crippen LogP contribution is -2.35. The van der Waals surface area contributed by atoms with Gasteiger partial charge in [-0.3, -0.25) is 0 Å². The van der Waals surface area contributed by atoms with Crippen LogP contribution >= 0.6 is 11.8 Å². The van der Waals surface area contributed by atoms with E-state index in [-0.39, 0.29) is 11.9 Å². The molecule has 1 aliphatic heterocycles. The Kier molecular flexibility index (Phi) is 4.51. The first-order valence-corrected chi connectivity index (χ1v) is 7.37. The number of hydrogen-bond acceptors (Lipinski definition) is 3. The van der Waals surface area contributed by atoms with Gasteiger partial charge in [0.05, 0.1) is 7.11 Å². The highest BCUT2D eigenvalue weighted by Gasteiger charge is 2.26. The minimum atomic E-state index is -0.215. The molecular weight excluding hydrogens is 249 g/mol. The Morgan fingerprint density at radius 1 is 1.50 bits per heavy atom. The first kappa shape index (κ1) is 13.7. The van der Waals surface area contributed by atoms with Crippen molar-refractivity contribution in [1.82, 2.24) is 5.32 Å². The van der Waals surface area contributed by atoms with E-state index in [1.54, 1.807) is 19.2 Å². The molecule has 1 aliphatic rings. The number of hydrogen-bond donors (Lipinski definition) is 1.